The van der Waals surface area contributed by atoms with E-state index in [1.165, 1.54) is 0 Å². The van der Waals surface area contributed by atoms with Crippen LogP contribution in [0.3, 0.4) is 0 Å². The third kappa shape index (κ3) is 3.32. The summed E-state index contributed by atoms with van der Waals surface area (Å²) < 4.78 is 0. The summed E-state index contributed by atoms with van der Waals surface area (Å²) in [6.07, 6.45) is 8.42. The standard InChI is InChI=1S/C8H8BrClN2/c9-4-2-1-3-7-5-11-8(10)12-6-7/h1,3,5-6H,2,4H2. The molecule has 1 aromatic heterocycles. The van der Waals surface area contributed by atoms with Crippen molar-refractivity contribution in [2.75, 3.05) is 5.33 Å². The van der Waals surface area contributed by atoms with Gasteiger partial charge in [0.1, 0.15) is 0 Å². The highest BCUT2D eigenvalue weighted by atomic mass is 79.9. The Bertz CT molecular complexity index is 258. The van der Waals surface area contributed by atoms with Crippen LogP contribution in [0, 0.1) is 0 Å². The first-order valence-corrected chi connectivity index (χ1v) is 5.03. The number of aromatic nitrogens is 2. The van der Waals surface area contributed by atoms with Gasteiger partial charge in [-0.25, -0.2) is 9.97 Å². The van der Waals surface area contributed by atoms with E-state index < -0.39 is 0 Å². The molecule has 0 aliphatic heterocycles. The first-order valence-electron chi connectivity index (χ1n) is 3.53. The van der Waals surface area contributed by atoms with Crippen molar-refractivity contribution in [3.05, 3.63) is 29.3 Å². The van der Waals surface area contributed by atoms with Gasteiger partial charge in [0.15, 0.2) is 0 Å². The second kappa shape index (κ2) is 5.27. The Morgan fingerprint density at radius 2 is 2.08 bits per heavy atom. The van der Waals surface area contributed by atoms with Gasteiger partial charge >= 0.3 is 0 Å². The molecule has 0 saturated carbocycles. The van der Waals surface area contributed by atoms with E-state index in [1.54, 1.807) is 12.4 Å². The Labute approximate surface area is 84.8 Å². The van der Waals surface area contributed by atoms with Gasteiger partial charge in [0.25, 0.3) is 0 Å². The zero-order valence-corrected chi connectivity index (χ0v) is 8.72. The third-order valence-electron chi connectivity index (χ3n) is 1.23. The van der Waals surface area contributed by atoms with Crippen molar-refractivity contribution in [2.24, 2.45) is 0 Å². The lowest BCUT2D eigenvalue weighted by molar-refractivity contribution is 1.16. The maximum Gasteiger partial charge on any atom is 0.222 e. The van der Waals surface area contributed by atoms with Gasteiger partial charge in [-0.05, 0) is 18.0 Å². The molecule has 0 spiro atoms. The molecule has 0 saturated heterocycles. The van der Waals surface area contributed by atoms with Crippen molar-refractivity contribution in [2.45, 2.75) is 6.42 Å². The summed E-state index contributed by atoms with van der Waals surface area (Å²) in [6.45, 7) is 0. The number of allylic oxidation sites excluding steroid dienone is 1. The zero-order chi connectivity index (χ0) is 8.81. The van der Waals surface area contributed by atoms with Gasteiger partial charge in [0.05, 0.1) is 0 Å². The minimum Gasteiger partial charge on any atom is -0.226 e. The molecule has 1 heterocycles. The van der Waals surface area contributed by atoms with Crippen LogP contribution in [-0.2, 0) is 0 Å². The highest BCUT2D eigenvalue weighted by Gasteiger charge is 1.88. The number of alkyl halides is 1. The van der Waals surface area contributed by atoms with Gasteiger partial charge in [0, 0.05) is 23.3 Å². The molecule has 0 radical (unpaired) electrons. The predicted molar refractivity (Wildman–Crippen MR) is 54.5 cm³/mol. The molecule has 0 fully saturated rings. The fourth-order valence-corrected chi connectivity index (χ4v) is 1.05. The van der Waals surface area contributed by atoms with Crippen LogP contribution >= 0.6 is 27.5 Å². The summed E-state index contributed by atoms with van der Waals surface area (Å²) in [5.41, 5.74) is 0.973. The Kier molecular flexibility index (Phi) is 4.25. The maximum absolute atomic E-state index is 5.52. The van der Waals surface area contributed by atoms with Gasteiger partial charge in [-0.1, -0.05) is 28.1 Å². The number of hydrogen-bond donors (Lipinski definition) is 0. The minimum atomic E-state index is 0.285. The van der Waals surface area contributed by atoms with E-state index in [1.807, 2.05) is 6.08 Å². The SMILES string of the molecule is Clc1ncc(C=CCCBr)cn1. The molecule has 0 atom stereocenters. The second-order valence-electron chi connectivity index (χ2n) is 2.17. The zero-order valence-electron chi connectivity index (χ0n) is 6.37. The molecule has 12 heavy (non-hydrogen) atoms. The molecule has 4 heteroatoms. The Hall–Kier alpha value is -0.410. The van der Waals surface area contributed by atoms with Crippen LogP contribution in [0.2, 0.25) is 5.28 Å². The normalized spacial score (nSPS) is 10.8. The van der Waals surface area contributed by atoms with Crippen LogP contribution in [0.25, 0.3) is 6.08 Å². The molecule has 0 aromatic carbocycles. The van der Waals surface area contributed by atoms with E-state index in [0.29, 0.717) is 0 Å². The second-order valence-corrected chi connectivity index (χ2v) is 3.30. The summed E-state index contributed by atoms with van der Waals surface area (Å²) in [6, 6.07) is 0. The molecule has 2 nitrogen and oxygen atoms in total. The number of nitrogens with zero attached hydrogens (tertiary/aromatic N) is 2. The van der Waals surface area contributed by atoms with E-state index >= 15 is 0 Å². The van der Waals surface area contributed by atoms with E-state index in [0.717, 1.165) is 17.3 Å². The molecular weight excluding hydrogens is 239 g/mol. The lowest BCUT2D eigenvalue weighted by atomic mass is 10.3. The fourth-order valence-electron chi connectivity index (χ4n) is 0.691. The van der Waals surface area contributed by atoms with E-state index in [9.17, 15) is 0 Å². The molecule has 0 amide bonds. The Balaban J connectivity index is 2.58. The van der Waals surface area contributed by atoms with Crippen molar-refractivity contribution in [3.63, 3.8) is 0 Å². The molecule has 0 aliphatic carbocycles. The van der Waals surface area contributed by atoms with Gasteiger partial charge in [-0.2, -0.15) is 0 Å². The van der Waals surface area contributed by atoms with Crippen molar-refractivity contribution >= 4 is 33.6 Å². The van der Waals surface area contributed by atoms with Gasteiger partial charge in [0.2, 0.25) is 5.28 Å². The van der Waals surface area contributed by atoms with Crippen molar-refractivity contribution in [1.29, 1.82) is 0 Å². The van der Waals surface area contributed by atoms with E-state index in [4.69, 9.17) is 11.6 Å². The monoisotopic (exact) mass is 246 g/mol. The van der Waals surface area contributed by atoms with Crippen LogP contribution < -0.4 is 0 Å². The lowest BCUT2D eigenvalue weighted by Gasteiger charge is -1.90. The van der Waals surface area contributed by atoms with Crippen LogP contribution in [-0.4, -0.2) is 15.3 Å². The van der Waals surface area contributed by atoms with Crippen LogP contribution in [0.4, 0.5) is 0 Å². The largest absolute Gasteiger partial charge is 0.226 e. The third-order valence-corrected chi connectivity index (χ3v) is 1.88. The summed E-state index contributed by atoms with van der Waals surface area (Å²) in [4.78, 5) is 7.70. The highest BCUT2D eigenvalue weighted by Crippen LogP contribution is 2.03. The average Bonchev–Trinajstić information content (AvgIpc) is 2.09. The van der Waals surface area contributed by atoms with E-state index in [-0.39, 0.29) is 5.28 Å². The molecule has 0 bridgehead atoms. The quantitative estimate of drug-likeness (QED) is 0.606. The molecule has 0 N–H and O–H groups in total. The first-order chi connectivity index (χ1) is 5.83. The first kappa shape index (κ1) is 9.68. The van der Waals surface area contributed by atoms with Crippen molar-refractivity contribution in [3.8, 4) is 0 Å². The molecule has 0 unspecified atom stereocenters. The maximum atomic E-state index is 5.52. The number of rotatable bonds is 3. The summed E-state index contributed by atoms with van der Waals surface area (Å²) in [5.74, 6) is 0. The highest BCUT2D eigenvalue weighted by molar-refractivity contribution is 9.09. The summed E-state index contributed by atoms with van der Waals surface area (Å²) >= 11 is 8.85. The number of halogens is 2. The molecule has 1 rings (SSSR count). The average molecular weight is 248 g/mol. The van der Waals surface area contributed by atoms with Crippen LogP contribution in [0.1, 0.15) is 12.0 Å². The van der Waals surface area contributed by atoms with Gasteiger partial charge in [-0.15, -0.1) is 0 Å². The number of hydrogen-bond acceptors (Lipinski definition) is 2. The van der Waals surface area contributed by atoms with Crippen LogP contribution in [0.15, 0.2) is 18.5 Å². The molecule has 0 aliphatic rings. The molecule has 1 aromatic rings. The molecular formula is C8H8BrClN2. The van der Waals surface area contributed by atoms with Gasteiger partial charge in [-0.3, -0.25) is 0 Å². The summed E-state index contributed by atoms with van der Waals surface area (Å²) in [5, 5.41) is 1.26. The Morgan fingerprint density at radius 1 is 1.42 bits per heavy atom. The smallest absolute Gasteiger partial charge is 0.222 e. The van der Waals surface area contributed by atoms with Crippen molar-refractivity contribution in [1.82, 2.24) is 9.97 Å². The van der Waals surface area contributed by atoms with Crippen LogP contribution in [0.5, 0.6) is 0 Å². The van der Waals surface area contributed by atoms with Gasteiger partial charge < -0.3 is 0 Å². The predicted octanol–water partition coefficient (Wildman–Crippen LogP) is 2.93. The van der Waals surface area contributed by atoms with Crippen molar-refractivity contribution < 1.29 is 0 Å². The molecule has 64 valence electrons. The lowest BCUT2D eigenvalue weighted by Crippen LogP contribution is -1.81. The Morgan fingerprint density at radius 3 is 2.67 bits per heavy atom. The fraction of sp³-hybridized carbons (Fsp3) is 0.250. The topological polar surface area (TPSA) is 25.8 Å². The van der Waals surface area contributed by atoms with E-state index in [2.05, 4.69) is 32.0 Å². The summed E-state index contributed by atoms with van der Waals surface area (Å²) in [7, 11) is 0. The minimum absolute atomic E-state index is 0.285.